The first kappa shape index (κ1) is 19.7. The molecule has 0 aliphatic carbocycles. The van der Waals surface area contributed by atoms with Gasteiger partial charge in [0.2, 0.25) is 0 Å². The predicted molar refractivity (Wildman–Crippen MR) is 102 cm³/mol. The quantitative estimate of drug-likeness (QED) is 0.633. The molecule has 8 heteroatoms. The molecule has 0 aliphatic rings. The fourth-order valence-corrected chi connectivity index (χ4v) is 3.07. The molecular formula is C20H21F3N4O. The number of carbonyl (C=O) groups is 1. The normalized spacial score (nSPS) is 11.6. The van der Waals surface area contributed by atoms with Crippen LogP contribution in [-0.4, -0.2) is 22.1 Å². The zero-order chi connectivity index (χ0) is 20.1. The summed E-state index contributed by atoms with van der Waals surface area (Å²) in [6.07, 6.45) is 0.911. The van der Waals surface area contributed by atoms with Gasteiger partial charge in [-0.2, -0.15) is 13.2 Å². The number of carbonyl (C=O) groups excluding carboxylic acids is 1. The van der Waals surface area contributed by atoms with Gasteiger partial charge in [0.05, 0.1) is 5.56 Å². The molecule has 0 atom stereocenters. The van der Waals surface area contributed by atoms with Gasteiger partial charge in [-0.3, -0.25) is 0 Å². The number of benzene rings is 1. The van der Waals surface area contributed by atoms with E-state index in [1.807, 2.05) is 18.3 Å². The lowest BCUT2D eigenvalue weighted by molar-refractivity contribution is -0.137. The van der Waals surface area contributed by atoms with Crippen molar-refractivity contribution in [1.82, 2.24) is 14.9 Å². The summed E-state index contributed by atoms with van der Waals surface area (Å²) in [6.45, 7) is 3.30. The zero-order valence-electron chi connectivity index (χ0n) is 15.4. The summed E-state index contributed by atoms with van der Waals surface area (Å²) in [6, 6.07) is 7.86. The minimum atomic E-state index is -4.45. The van der Waals surface area contributed by atoms with Crippen LogP contribution < -0.4 is 10.6 Å². The van der Waals surface area contributed by atoms with E-state index < -0.39 is 17.8 Å². The van der Waals surface area contributed by atoms with Crippen molar-refractivity contribution in [2.75, 3.05) is 11.9 Å². The van der Waals surface area contributed by atoms with Gasteiger partial charge in [0.25, 0.3) is 0 Å². The molecule has 0 fully saturated rings. The van der Waals surface area contributed by atoms with E-state index in [1.165, 1.54) is 12.1 Å². The summed E-state index contributed by atoms with van der Waals surface area (Å²) in [4.78, 5) is 16.4. The number of rotatable bonds is 6. The van der Waals surface area contributed by atoms with Crippen LogP contribution in [0.15, 0.2) is 48.8 Å². The minimum Gasteiger partial charge on any atom is -0.338 e. The molecule has 0 saturated heterocycles. The number of amides is 2. The summed E-state index contributed by atoms with van der Waals surface area (Å²) in [5, 5.41) is 6.16. The molecule has 2 aromatic heterocycles. The van der Waals surface area contributed by atoms with E-state index in [0.717, 1.165) is 41.7 Å². The molecule has 2 amide bonds. The van der Waals surface area contributed by atoms with Crippen molar-refractivity contribution in [2.45, 2.75) is 32.5 Å². The Hall–Kier alpha value is -3.03. The second-order valence-electron chi connectivity index (χ2n) is 6.43. The maximum atomic E-state index is 12.7. The maximum Gasteiger partial charge on any atom is 0.416 e. The first-order chi connectivity index (χ1) is 13.4. The SMILES string of the molecule is CCCn1cc(CCNC(=O)Nc2cccc(C(F)(F)F)c2)c2cccnc21. The van der Waals surface area contributed by atoms with E-state index in [4.69, 9.17) is 0 Å². The second-order valence-corrected chi connectivity index (χ2v) is 6.43. The molecule has 3 aromatic rings. The number of aryl methyl sites for hydroxylation is 1. The first-order valence-corrected chi connectivity index (χ1v) is 9.03. The highest BCUT2D eigenvalue weighted by molar-refractivity contribution is 5.89. The zero-order valence-corrected chi connectivity index (χ0v) is 15.4. The number of aromatic nitrogens is 2. The van der Waals surface area contributed by atoms with Gasteiger partial charge in [-0.1, -0.05) is 13.0 Å². The smallest absolute Gasteiger partial charge is 0.338 e. The van der Waals surface area contributed by atoms with Crippen LogP contribution in [0.1, 0.15) is 24.5 Å². The van der Waals surface area contributed by atoms with Crippen molar-refractivity contribution in [3.05, 3.63) is 59.9 Å². The molecule has 2 N–H and O–H groups in total. The van der Waals surface area contributed by atoms with E-state index in [0.29, 0.717) is 13.0 Å². The Morgan fingerprint density at radius 1 is 1.21 bits per heavy atom. The highest BCUT2D eigenvalue weighted by atomic mass is 19.4. The molecule has 3 rings (SSSR count). The number of anilines is 1. The van der Waals surface area contributed by atoms with E-state index >= 15 is 0 Å². The molecule has 5 nitrogen and oxygen atoms in total. The molecular weight excluding hydrogens is 369 g/mol. The number of halogens is 3. The van der Waals surface area contributed by atoms with E-state index in [9.17, 15) is 18.0 Å². The van der Waals surface area contributed by atoms with Crippen molar-refractivity contribution in [2.24, 2.45) is 0 Å². The minimum absolute atomic E-state index is 0.0936. The fourth-order valence-electron chi connectivity index (χ4n) is 3.07. The topological polar surface area (TPSA) is 59.0 Å². The molecule has 0 bridgehead atoms. The van der Waals surface area contributed by atoms with Crippen LogP contribution >= 0.6 is 0 Å². The Labute approximate surface area is 160 Å². The number of hydrogen-bond donors (Lipinski definition) is 2. The first-order valence-electron chi connectivity index (χ1n) is 9.03. The van der Waals surface area contributed by atoms with Crippen LogP contribution in [0.4, 0.5) is 23.7 Å². The lowest BCUT2D eigenvalue weighted by Gasteiger charge is -2.10. The van der Waals surface area contributed by atoms with Crippen molar-refractivity contribution in [1.29, 1.82) is 0 Å². The summed E-state index contributed by atoms with van der Waals surface area (Å²) in [7, 11) is 0. The molecule has 0 unspecified atom stereocenters. The maximum absolute atomic E-state index is 12.7. The van der Waals surface area contributed by atoms with E-state index in [1.54, 1.807) is 6.20 Å². The molecule has 0 spiro atoms. The third-order valence-electron chi connectivity index (χ3n) is 4.31. The number of hydrogen-bond acceptors (Lipinski definition) is 2. The van der Waals surface area contributed by atoms with Gasteiger partial charge < -0.3 is 15.2 Å². The van der Waals surface area contributed by atoms with Gasteiger partial charge >= 0.3 is 12.2 Å². The highest BCUT2D eigenvalue weighted by Gasteiger charge is 2.30. The third kappa shape index (κ3) is 4.62. The lowest BCUT2D eigenvalue weighted by Crippen LogP contribution is -2.30. The molecule has 0 saturated carbocycles. The summed E-state index contributed by atoms with van der Waals surface area (Å²) in [5.74, 6) is 0. The highest BCUT2D eigenvalue weighted by Crippen LogP contribution is 2.30. The van der Waals surface area contributed by atoms with Crippen molar-refractivity contribution in [3.8, 4) is 0 Å². The van der Waals surface area contributed by atoms with Gasteiger partial charge in [-0.25, -0.2) is 9.78 Å². The summed E-state index contributed by atoms with van der Waals surface area (Å²) in [5.41, 5.74) is 1.27. The Bertz CT molecular complexity index is 965. The van der Waals surface area contributed by atoms with Gasteiger partial charge in [0.15, 0.2) is 0 Å². The van der Waals surface area contributed by atoms with Gasteiger partial charge in [0.1, 0.15) is 5.65 Å². The van der Waals surface area contributed by atoms with Crippen LogP contribution in [0, 0.1) is 0 Å². The van der Waals surface area contributed by atoms with Crippen LogP contribution in [0.5, 0.6) is 0 Å². The number of nitrogens with one attached hydrogen (secondary N) is 2. The largest absolute Gasteiger partial charge is 0.416 e. The fraction of sp³-hybridized carbons (Fsp3) is 0.300. The van der Waals surface area contributed by atoms with E-state index in [-0.39, 0.29) is 5.69 Å². The Kier molecular flexibility index (Phi) is 5.87. The van der Waals surface area contributed by atoms with Gasteiger partial charge in [-0.05, 0) is 48.7 Å². The predicted octanol–water partition coefficient (Wildman–Crippen LogP) is 4.83. The van der Waals surface area contributed by atoms with Crippen LogP contribution in [0.3, 0.4) is 0 Å². The summed E-state index contributed by atoms with van der Waals surface area (Å²) >= 11 is 0. The van der Waals surface area contributed by atoms with Crippen molar-refractivity contribution in [3.63, 3.8) is 0 Å². The second kappa shape index (κ2) is 8.33. The molecule has 0 aliphatic heterocycles. The lowest BCUT2D eigenvalue weighted by atomic mass is 10.1. The Morgan fingerprint density at radius 3 is 2.79 bits per heavy atom. The molecule has 28 heavy (non-hydrogen) atoms. The monoisotopic (exact) mass is 390 g/mol. The van der Waals surface area contributed by atoms with Crippen LogP contribution in [0.2, 0.25) is 0 Å². The number of urea groups is 1. The molecule has 2 heterocycles. The van der Waals surface area contributed by atoms with Crippen molar-refractivity contribution >= 4 is 22.8 Å². The van der Waals surface area contributed by atoms with E-state index in [2.05, 4.69) is 27.1 Å². The van der Waals surface area contributed by atoms with Crippen molar-refractivity contribution < 1.29 is 18.0 Å². The van der Waals surface area contributed by atoms with Crippen LogP contribution in [0.25, 0.3) is 11.0 Å². The summed E-state index contributed by atoms with van der Waals surface area (Å²) < 4.78 is 40.3. The Morgan fingerprint density at radius 2 is 2.04 bits per heavy atom. The Balaban J connectivity index is 1.60. The number of alkyl halides is 3. The van der Waals surface area contributed by atoms with Gasteiger partial charge in [-0.15, -0.1) is 0 Å². The average Bonchev–Trinajstić information content (AvgIpc) is 3.00. The average molecular weight is 390 g/mol. The third-order valence-corrected chi connectivity index (χ3v) is 4.31. The number of pyridine rings is 1. The standard InChI is InChI=1S/C20H21F3N4O/c1-2-11-27-13-14(17-7-4-9-24-18(17)27)8-10-25-19(28)26-16-6-3-5-15(12-16)20(21,22)23/h3-7,9,12-13H,2,8,10-11H2,1H3,(H2,25,26,28). The van der Waals surface area contributed by atoms with Crippen LogP contribution in [-0.2, 0) is 19.1 Å². The molecule has 148 valence electrons. The van der Waals surface area contributed by atoms with Gasteiger partial charge in [0, 0.05) is 36.6 Å². The number of nitrogens with zero attached hydrogens (tertiary/aromatic N) is 2. The molecule has 0 radical (unpaired) electrons. The molecule has 1 aromatic carbocycles. The number of fused-ring (bicyclic) bond motifs is 1.